The summed E-state index contributed by atoms with van der Waals surface area (Å²) in [6.45, 7) is 0.887. The van der Waals surface area contributed by atoms with Crippen molar-refractivity contribution < 1.29 is 44.3 Å². The molecule has 0 N–H and O–H groups in total. The Bertz CT molecular complexity index is 691. The number of aromatic nitrogens is 2. The van der Waals surface area contributed by atoms with Crippen LogP contribution >= 0.6 is 23.5 Å². The molecule has 0 unspecified atom stereocenters. The molecule has 1 aromatic heterocycles. The van der Waals surface area contributed by atoms with E-state index in [1.54, 1.807) is 17.8 Å². The van der Waals surface area contributed by atoms with Gasteiger partial charge in [-0.3, -0.25) is 14.4 Å². The van der Waals surface area contributed by atoms with E-state index in [4.69, 9.17) is 0 Å². The monoisotopic (exact) mass is 329 g/mol. The molecule has 9 heteroatoms. The molecule has 1 aromatic rings. The summed E-state index contributed by atoms with van der Waals surface area (Å²) >= 11 is 3.04. The van der Waals surface area contributed by atoms with Gasteiger partial charge in [-0.15, -0.1) is 23.5 Å². The van der Waals surface area contributed by atoms with Crippen molar-refractivity contribution in [2.75, 3.05) is 5.75 Å². The summed E-state index contributed by atoms with van der Waals surface area (Å²) in [5, 5.41) is 17.6. The fourth-order valence-electron chi connectivity index (χ4n) is 2.42. The van der Waals surface area contributed by atoms with Gasteiger partial charge in [0.15, 0.2) is 0 Å². The zero-order valence-electron chi connectivity index (χ0n) is 11.1. The minimum atomic E-state index is -1.32. The van der Waals surface area contributed by atoms with Crippen LogP contribution in [0.5, 0.6) is 0 Å². The molecule has 0 spiro atoms. The minimum Gasteiger partial charge on any atom is -0.543 e. The summed E-state index contributed by atoms with van der Waals surface area (Å²) in [4.78, 5) is 24.1. The number of carboxylic acids is 1. The SMILES string of the molecule is O=C([O-])C1=CS[C@@H]2/C(=C\c3cc4n(n3)CCS4)C(=O)N12.[Na+]. The second kappa shape index (κ2) is 5.51. The Hall–Kier alpha value is -0.670. The molecule has 1 saturated heterocycles. The molecular formula is C12H8N3NaO3S2. The van der Waals surface area contributed by atoms with Crippen molar-refractivity contribution in [3.05, 3.63) is 28.4 Å². The number of carbonyl (C=O) groups excluding carboxylic acids is 2. The fraction of sp³-hybridized carbons (Fsp3) is 0.250. The number of aryl methyl sites for hydroxylation is 1. The molecule has 0 aliphatic carbocycles. The molecule has 102 valence electrons. The molecule has 21 heavy (non-hydrogen) atoms. The maximum absolute atomic E-state index is 12.0. The van der Waals surface area contributed by atoms with Crippen LogP contribution in [0.2, 0.25) is 0 Å². The maximum Gasteiger partial charge on any atom is 1.00 e. The van der Waals surface area contributed by atoms with Gasteiger partial charge in [0, 0.05) is 5.75 Å². The number of amides is 1. The Morgan fingerprint density at radius 3 is 3.05 bits per heavy atom. The number of hydrogen-bond donors (Lipinski definition) is 0. The quantitative estimate of drug-likeness (QED) is 0.325. The summed E-state index contributed by atoms with van der Waals surface area (Å²) in [5.74, 6) is -0.565. The molecule has 1 atom stereocenters. The first-order valence-corrected chi connectivity index (χ1v) is 7.91. The zero-order chi connectivity index (χ0) is 13.9. The molecule has 6 nitrogen and oxygen atoms in total. The fourth-order valence-corrected chi connectivity index (χ4v) is 4.49. The molecule has 1 amide bonds. The summed E-state index contributed by atoms with van der Waals surface area (Å²) in [7, 11) is 0. The minimum absolute atomic E-state index is 0. The van der Waals surface area contributed by atoms with E-state index in [0.717, 1.165) is 23.0 Å². The number of hydrogen-bond acceptors (Lipinski definition) is 6. The van der Waals surface area contributed by atoms with E-state index in [-0.39, 0.29) is 46.5 Å². The third-order valence-corrected chi connectivity index (χ3v) is 5.45. The van der Waals surface area contributed by atoms with Crippen LogP contribution in [0.3, 0.4) is 0 Å². The number of β-lactam (4-membered cyclic amide) rings is 1. The van der Waals surface area contributed by atoms with E-state index in [2.05, 4.69) is 5.10 Å². The zero-order valence-corrected chi connectivity index (χ0v) is 14.7. The first kappa shape index (κ1) is 15.2. The third kappa shape index (κ3) is 2.29. The Kier molecular flexibility index (Phi) is 4.00. The Morgan fingerprint density at radius 1 is 1.52 bits per heavy atom. The predicted molar refractivity (Wildman–Crippen MR) is 72.2 cm³/mol. The molecule has 0 aromatic carbocycles. The third-order valence-electron chi connectivity index (χ3n) is 3.36. The van der Waals surface area contributed by atoms with Crippen molar-refractivity contribution >= 4 is 41.5 Å². The predicted octanol–water partition coefficient (Wildman–Crippen LogP) is -3.12. The number of nitrogens with zero attached hydrogens (tertiary/aromatic N) is 3. The van der Waals surface area contributed by atoms with E-state index >= 15 is 0 Å². The van der Waals surface area contributed by atoms with Gasteiger partial charge in [-0.05, 0) is 17.6 Å². The van der Waals surface area contributed by atoms with Crippen LogP contribution in [0.15, 0.2) is 27.8 Å². The molecule has 0 bridgehead atoms. The second-order valence-corrected chi connectivity index (χ2v) is 6.60. The molecule has 4 heterocycles. The van der Waals surface area contributed by atoms with Crippen LogP contribution in [0.1, 0.15) is 5.69 Å². The van der Waals surface area contributed by atoms with Crippen LogP contribution in [0, 0.1) is 0 Å². The van der Waals surface area contributed by atoms with E-state index in [1.807, 2.05) is 10.7 Å². The topological polar surface area (TPSA) is 78.3 Å². The van der Waals surface area contributed by atoms with Gasteiger partial charge in [-0.2, -0.15) is 5.10 Å². The smallest absolute Gasteiger partial charge is 0.543 e. The molecule has 3 aliphatic heterocycles. The molecule has 1 fully saturated rings. The Morgan fingerprint density at radius 2 is 2.33 bits per heavy atom. The number of rotatable bonds is 2. The van der Waals surface area contributed by atoms with Crippen molar-refractivity contribution in [3.8, 4) is 0 Å². The summed E-state index contributed by atoms with van der Waals surface area (Å²) in [5.41, 5.74) is 1.28. The Labute approximate surface area is 150 Å². The van der Waals surface area contributed by atoms with Gasteiger partial charge in [-0.1, -0.05) is 0 Å². The standard InChI is InChI=1S/C12H9N3O3S2.Na/c16-10-7(11-15(10)8(5-20-11)12(17)18)3-6-4-9-14(13-6)1-2-19-9;/h3-5,11H,1-2H2,(H,17,18);/q;+1/p-1/b7-3-;/t11-;/m1./s1. The van der Waals surface area contributed by atoms with Crippen molar-refractivity contribution in [2.45, 2.75) is 16.9 Å². The van der Waals surface area contributed by atoms with Crippen LogP contribution in [-0.2, 0) is 16.1 Å². The first-order chi connectivity index (χ1) is 9.65. The Balaban J connectivity index is 0.00000132. The number of carboxylic acid groups (broad SMARTS) is 1. The average Bonchev–Trinajstić information content (AvgIpc) is 3.07. The van der Waals surface area contributed by atoms with Crippen molar-refractivity contribution in [1.82, 2.24) is 14.7 Å². The molecule has 3 aliphatic rings. The second-order valence-electron chi connectivity index (χ2n) is 4.53. The normalized spacial score (nSPS) is 24.3. The maximum atomic E-state index is 12.0. The van der Waals surface area contributed by atoms with Crippen LogP contribution in [0.25, 0.3) is 6.08 Å². The van der Waals surface area contributed by atoms with Crippen LogP contribution in [0.4, 0.5) is 0 Å². The summed E-state index contributed by atoms with van der Waals surface area (Å²) < 4.78 is 1.92. The van der Waals surface area contributed by atoms with Crippen molar-refractivity contribution in [1.29, 1.82) is 0 Å². The number of carbonyl (C=O) groups is 2. The van der Waals surface area contributed by atoms with Gasteiger partial charge in [0.1, 0.15) is 5.37 Å². The van der Waals surface area contributed by atoms with E-state index < -0.39 is 5.97 Å². The van der Waals surface area contributed by atoms with Crippen molar-refractivity contribution in [3.63, 3.8) is 0 Å². The van der Waals surface area contributed by atoms with Crippen LogP contribution < -0.4 is 34.7 Å². The molecule has 0 saturated carbocycles. The van der Waals surface area contributed by atoms with Crippen molar-refractivity contribution in [2.24, 2.45) is 0 Å². The van der Waals surface area contributed by atoms with Gasteiger partial charge in [-0.25, -0.2) is 0 Å². The largest absolute Gasteiger partial charge is 1.00 e. The summed E-state index contributed by atoms with van der Waals surface area (Å²) in [6.07, 6.45) is 1.74. The van der Waals surface area contributed by atoms with Gasteiger partial charge >= 0.3 is 29.6 Å². The van der Waals surface area contributed by atoms with E-state index in [1.165, 1.54) is 22.1 Å². The summed E-state index contributed by atoms with van der Waals surface area (Å²) in [6, 6.07) is 1.95. The van der Waals surface area contributed by atoms with E-state index in [9.17, 15) is 14.7 Å². The van der Waals surface area contributed by atoms with Gasteiger partial charge in [0.2, 0.25) is 0 Å². The number of aliphatic carboxylic acids is 1. The van der Waals surface area contributed by atoms with Gasteiger partial charge in [0.05, 0.1) is 34.5 Å². The number of fused-ring (bicyclic) bond motifs is 2. The molecular weight excluding hydrogens is 321 g/mol. The van der Waals surface area contributed by atoms with Gasteiger partial charge < -0.3 is 9.90 Å². The first-order valence-electron chi connectivity index (χ1n) is 5.98. The number of thioether (sulfide) groups is 2. The van der Waals surface area contributed by atoms with Crippen LogP contribution in [-0.4, -0.2) is 37.7 Å². The molecule has 4 rings (SSSR count). The molecule has 0 radical (unpaired) electrons. The average molecular weight is 329 g/mol. The van der Waals surface area contributed by atoms with E-state index in [0.29, 0.717) is 5.57 Å². The van der Waals surface area contributed by atoms with Gasteiger partial charge in [0.25, 0.3) is 5.91 Å².